The van der Waals surface area contributed by atoms with E-state index in [-0.39, 0.29) is 21.2 Å². The van der Waals surface area contributed by atoms with E-state index in [2.05, 4.69) is 15.2 Å². The number of aryl methyl sites for hydroxylation is 1. The lowest BCUT2D eigenvalue weighted by molar-refractivity contribution is -0.384. The van der Waals surface area contributed by atoms with Crippen LogP contribution in [0.2, 0.25) is 5.02 Å². The van der Waals surface area contributed by atoms with Crippen molar-refractivity contribution in [2.75, 3.05) is 4.72 Å². The molecule has 9 nitrogen and oxygen atoms in total. The number of nitrogens with one attached hydrogen (secondary N) is 2. The number of nitrogens with zero attached hydrogens (tertiary/aromatic N) is 2. The van der Waals surface area contributed by atoms with Gasteiger partial charge in [-0.3, -0.25) is 19.6 Å². The third-order valence-corrected chi connectivity index (χ3v) is 5.99. The number of benzene rings is 3. The molecule has 0 fully saturated rings. The first-order chi connectivity index (χ1) is 15.2. The molecule has 0 heterocycles. The molecule has 0 bridgehead atoms. The van der Waals surface area contributed by atoms with Crippen LogP contribution in [0.15, 0.2) is 76.7 Å². The first-order valence-corrected chi connectivity index (χ1v) is 11.0. The van der Waals surface area contributed by atoms with Crippen molar-refractivity contribution >= 4 is 45.1 Å². The summed E-state index contributed by atoms with van der Waals surface area (Å²) in [6.45, 7) is 1.86. The van der Waals surface area contributed by atoms with E-state index in [1.54, 1.807) is 12.1 Å². The number of halogens is 1. The zero-order valence-electron chi connectivity index (χ0n) is 16.7. The highest BCUT2D eigenvalue weighted by atomic mass is 35.5. The van der Waals surface area contributed by atoms with Crippen LogP contribution < -0.4 is 10.1 Å². The van der Waals surface area contributed by atoms with Crippen LogP contribution in [-0.4, -0.2) is 25.5 Å². The Kier molecular flexibility index (Phi) is 6.86. The maximum atomic E-state index is 12.4. The monoisotopic (exact) mass is 472 g/mol. The summed E-state index contributed by atoms with van der Waals surface area (Å²) < 4.78 is 27.3. The van der Waals surface area contributed by atoms with Gasteiger partial charge in [-0.2, -0.15) is 5.10 Å². The number of sulfonamides is 1. The Balaban J connectivity index is 1.64. The fourth-order valence-electron chi connectivity index (χ4n) is 2.60. The number of nitro groups is 1. The minimum atomic E-state index is -3.75. The topological polar surface area (TPSA) is 131 Å². The standard InChI is InChI=1S/C21H17ClN4O5S/c1-14-2-9-18(10-3-14)32(30,31)25-17-7-5-16(6-8-17)21(27)24-23-13-15-4-11-19(22)20(12-15)26(28)29/h2-13,25H,1H3,(H,24,27)/b23-13+. The molecule has 0 aliphatic carbocycles. The van der Waals surface area contributed by atoms with Gasteiger partial charge in [0, 0.05) is 22.9 Å². The Bertz CT molecular complexity index is 1290. The fraction of sp³-hybridized carbons (Fsp3) is 0.0476. The second-order valence-corrected chi connectivity index (χ2v) is 8.75. The lowest BCUT2D eigenvalue weighted by Crippen LogP contribution is -2.18. The molecule has 0 unspecified atom stereocenters. The molecule has 0 aliphatic rings. The van der Waals surface area contributed by atoms with Crippen molar-refractivity contribution in [3.63, 3.8) is 0 Å². The first kappa shape index (κ1) is 22.9. The van der Waals surface area contributed by atoms with Crippen LogP contribution in [0.5, 0.6) is 0 Å². The Morgan fingerprint density at radius 3 is 2.34 bits per heavy atom. The van der Waals surface area contributed by atoms with Gasteiger partial charge < -0.3 is 0 Å². The van der Waals surface area contributed by atoms with E-state index in [1.165, 1.54) is 60.8 Å². The van der Waals surface area contributed by atoms with Crippen molar-refractivity contribution in [2.45, 2.75) is 11.8 Å². The molecule has 0 spiro atoms. The number of hydrazone groups is 1. The third-order valence-electron chi connectivity index (χ3n) is 4.28. The van der Waals surface area contributed by atoms with E-state index in [0.29, 0.717) is 11.3 Å². The van der Waals surface area contributed by atoms with Gasteiger partial charge >= 0.3 is 0 Å². The molecular formula is C21H17ClN4O5S. The highest BCUT2D eigenvalue weighted by Crippen LogP contribution is 2.24. The molecule has 11 heteroatoms. The van der Waals surface area contributed by atoms with Gasteiger partial charge in [0.1, 0.15) is 5.02 Å². The molecular weight excluding hydrogens is 456 g/mol. The average molecular weight is 473 g/mol. The second kappa shape index (κ2) is 9.58. The number of anilines is 1. The van der Waals surface area contributed by atoms with E-state index in [1.807, 2.05) is 6.92 Å². The second-order valence-electron chi connectivity index (χ2n) is 6.66. The number of nitro benzene ring substituents is 1. The predicted octanol–water partition coefficient (Wildman–Crippen LogP) is 4.12. The Hall–Kier alpha value is -3.76. The number of carbonyl (C=O) groups excluding carboxylic acids is 1. The maximum Gasteiger partial charge on any atom is 0.288 e. The lowest BCUT2D eigenvalue weighted by Gasteiger charge is -2.09. The predicted molar refractivity (Wildman–Crippen MR) is 122 cm³/mol. The quantitative estimate of drug-likeness (QED) is 0.303. The molecule has 3 aromatic rings. The zero-order chi connectivity index (χ0) is 23.3. The highest BCUT2D eigenvalue weighted by molar-refractivity contribution is 7.92. The molecule has 3 rings (SSSR count). The molecule has 32 heavy (non-hydrogen) atoms. The van der Waals surface area contributed by atoms with Crippen LogP contribution in [0, 0.1) is 17.0 Å². The number of carbonyl (C=O) groups is 1. The summed E-state index contributed by atoms with van der Waals surface area (Å²) in [5.74, 6) is -0.544. The Morgan fingerprint density at radius 2 is 1.72 bits per heavy atom. The van der Waals surface area contributed by atoms with Gasteiger partial charge in [0.05, 0.1) is 16.0 Å². The SMILES string of the molecule is Cc1ccc(S(=O)(=O)Nc2ccc(C(=O)N/N=C/c3ccc(Cl)c([N+](=O)[O-])c3)cc2)cc1. The highest BCUT2D eigenvalue weighted by Gasteiger charge is 2.14. The molecule has 0 atom stereocenters. The molecule has 2 N–H and O–H groups in total. The smallest absolute Gasteiger partial charge is 0.280 e. The van der Waals surface area contributed by atoms with Gasteiger partial charge in [-0.1, -0.05) is 35.4 Å². The number of rotatable bonds is 7. The van der Waals surface area contributed by atoms with Gasteiger partial charge in [-0.15, -0.1) is 0 Å². The van der Waals surface area contributed by atoms with Crippen molar-refractivity contribution in [3.8, 4) is 0 Å². The minimum absolute atomic E-state index is 0.00530. The number of hydrogen-bond acceptors (Lipinski definition) is 6. The van der Waals surface area contributed by atoms with Crippen LogP contribution in [0.25, 0.3) is 0 Å². The molecule has 164 valence electrons. The maximum absolute atomic E-state index is 12.4. The van der Waals surface area contributed by atoms with Gasteiger partial charge in [0.2, 0.25) is 0 Å². The van der Waals surface area contributed by atoms with Crippen molar-refractivity contribution in [1.82, 2.24) is 5.43 Å². The lowest BCUT2D eigenvalue weighted by atomic mass is 10.2. The minimum Gasteiger partial charge on any atom is -0.280 e. The van der Waals surface area contributed by atoms with E-state index < -0.39 is 20.9 Å². The van der Waals surface area contributed by atoms with Gasteiger partial charge in [-0.25, -0.2) is 13.8 Å². The Morgan fingerprint density at radius 1 is 1.06 bits per heavy atom. The summed E-state index contributed by atoms with van der Waals surface area (Å²) in [5, 5.41) is 14.7. The van der Waals surface area contributed by atoms with Crippen LogP contribution >= 0.6 is 11.6 Å². The molecule has 0 saturated heterocycles. The molecule has 0 saturated carbocycles. The fourth-order valence-corrected chi connectivity index (χ4v) is 3.85. The van der Waals surface area contributed by atoms with Gasteiger partial charge in [-0.05, 0) is 49.4 Å². The van der Waals surface area contributed by atoms with Gasteiger partial charge in [0.15, 0.2) is 0 Å². The molecule has 1 amide bonds. The van der Waals surface area contributed by atoms with Crippen LogP contribution in [0.4, 0.5) is 11.4 Å². The van der Waals surface area contributed by atoms with E-state index in [0.717, 1.165) is 5.56 Å². The van der Waals surface area contributed by atoms with E-state index >= 15 is 0 Å². The molecule has 3 aromatic carbocycles. The van der Waals surface area contributed by atoms with Crippen LogP contribution in [0.3, 0.4) is 0 Å². The first-order valence-electron chi connectivity index (χ1n) is 9.12. The summed E-state index contributed by atoms with van der Waals surface area (Å²) in [6.07, 6.45) is 1.24. The van der Waals surface area contributed by atoms with Crippen molar-refractivity contribution in [3.05, 3.63) is 98.6 Å². The Labute approximate surface area is 188 Å². The van der Waals surface area contributed by atoms with E-state index in [4.69, 9.17) is 11.6 Å². The van der Waals surface area contributed by atoms with Crippen molar-refractivity contribution in [2.24, 2.45) is 5.10 Å². The summed E-state index contributed by atoms with van der Waals surface area (Å²) in [4.78, 5) is 22.6. The van der Waals surface area contributed by atoms with Crippen molar-refractivity contribution in [1.29, 1.82) is 0 Å². The summed E-state index contributed by atoms with van der Waals surface area (Å²) >= 11 is 5.75. The van der Waals surface area contributed by atoms with E-state index in [9.17, 15) is 23.3 Å². The number of amides is 1. The summed E-state index contributed by atoms with van der Waals surface area (Å²) in [6, 6.07) is 16.3. The number of hydrogen-bond donors (Lipinski definition) is 2. The molecule has 0 aromatic heterocycles. The normalized spacial score (nSPS) is 11.3. The molecule has 0 radical (unpaired) electrons. The largest absolute Gasteiger partial charge is 0.288 e. The zero-order valence-corrected chi connectivity index (χ0v) is 18.2. The molecule has 0 aliphatic heterocycles. The van der Waals surface area contributed by atoms with Gasteiger partial charge in [0.25, 0.3) is 21.6 Å². The summed E-state index contributed by atoms with van der Waals surface area (Å²) in [7, 11) is -3.75. The van der Waals surface area contributed by atoms with Crippen molar-refractivity contribution < 1.29 is 18.1 Å². The summed E-state index contributed by atoms with van der Waals surface area (Å²) in [5.41, 5.74) is 3.87. The third kappa shape index (κ3) is 5.68. The van der Waals surface area contributed by atoms with Crippen LogP contribution in [0.1, 0.15) is 21.5 Å². The average Bonchev–Trinajstić information content (AvgIpc) is 2.75. The van der Waals surface area contributed by atoms with Crippen LogP contribution in [-0.2, 0) is 10.0 Å².